The van der Waals surface area contributed by atoms with E-state index in [1.165, 1.54) is 12.2 Å². The summed E-state index contributed by atoms with van der Waals surface area (Å²) >= 11 is 0. The first-order valence-corrected chi connectivity index (χ1v) is 5.65. The lowest BCUT2D eigenvalue weighted by Gasteiger charge is -2.10. The summed E-state index contributed by atoms with van der Waals surface area (Å²) in [6.07, 6.45) is 4.04. The predicted molar refractivity (Wildman–Crippen MR) is 63.7 cm³/mol. The van der Waals surface area contributed by atoms with Gasteiger partial charge in [-0.1, -0.05) is 12.2 Å². The summed E-state index contributed by atoms with van der Waals surface area (Å²) in [7, 11) is 0. The zero-order valence-electron chi connectivity index (χ0n) is 9.91. The molecule has 0 amide bonds. The third-order valence-corrected chi connectivity index (χ3v) is 2.63. The summed E-state index contributed by atoms with van der Waals surface area (Å²) < 4.78 is 39.5. The van der Waals surface area contributed by atoms with Gasteiger partial charge in [0.25, 0.3) is 0 Å². The predicted octanol–water partition coefficient (Wildman–Crippen LogP) is 3.87. The van der Waals surface area contributed by atoms with E-state index in [4.69, 9.17) is 0 Å². The van der Waals surface area contributed by atoms with Crippen molar-refractivity contribution in [1.82, 2.24) is 9.78 Å². The van der Waals surface area contributed by atoms with Crippen LogP contribution < -0.4 is 0 Å². The number of allylic oxidation sites excluding steroid dienone is 6. The van der Waals surface area contributed by atoms with Crippen LogP contribution in [0.5, 0.6) is 0 Å². The molecule has 0 radical (unpaired) electrons. The van der Waals surface area contributed by atoms with Gasteiger partial charge in [0.1, 0.15) is 0 Å². The summed E-state index contributed by atoms with van der Waals surface area (Å²) in [4.78, 5) is 0. The summed E-state index contributed by atoms with van der Waals surface area (Å²) in [5.74, 6) is 0. The highest BCUT2D eigenvalue weighted by Gasteiger charge is 2.31. The van der Waals surface area contributed by atoms with E-state index >= 15 is 0 Å². The quantitative estimate of drug-likeness (QED) is 0.743. The average molecular weight is 254 g/mol. The maximum atomic E-state index is 12.6. The standard InChI is InChI=1S/C13H13F3N2/c1-10-8-9-18(17-10)12-5-3-2-4-11(6-7-12)13(14,15)16/h4-9H,2-3H2,1H3/b7-6-,11-4-,12-5+. The Kier molecular flexibility index (Phi) is 3.41. The Morgan fingerprint density at radius 3 is 2.50 bits per heavy atom. The van der Waals surface area contributed by atoms with Gasteiger partial charge in [0.2, 0.25) is 0 Å². The van der Waals surface area contributed by atoms with Crippen molar-refractivity contribution in [2.24, 2.45) is 0 Å². The van der Waals surface area contributed by atoms with Crippen LogP contribution in [0, 0.1) is 6.92 Å². The largest absolute Gasteiger partial charge is 0.416 e. The normalized spacial score (nSPS) is 24.4. The topological polar surface area (TPSA) is 17.8 Å². The fourth-order valence-corrected chi connectivity index (χ4v) is 1.72. The number of hydrogen-bond donors (Lipinski definition) is 0. The van der Waals surface area contributed by atoms with Crippen molar-refractivity contribution in [1.29, 1.82) is 0 Å². The number of hydrogen-bond acceptors (Lipinski definition) is 1. The molecule has 1 aromatic heterocycles. The van der Waals surface area contributed by atoms with Crippen LogP contribution in [0.15, 0.2) is 42.1 Å². The van der Waals surface area contributed by atoms with Crippen LogP contribution in [0.25, 0.3) is 5.70 Å². The van der Waals surface area contributed by atoms with Crippen LogP contribution in [0.3, 0.4) is 0 Å². The number of aryl methyl sites for hydroxylation is 1. The number of halogens is 3. The van der Waals surface area contributed by atoms with Crippen LogP contribution in [-0.2, 0) is 0 Å². The van der Waals surface area contributed by atoms with E-state index in [0.717, 1.165) is 11.8 Å². The minimum atomic E-state index is -4.29. The first kappa shape index (κ1) is 12.7. The molecule has 0 atom stereocenters. The Morgan fingerprint density at radius 1 is 1.17 bits per heavy atom. The smallest absolute Gasteiger partial charge is 0.241 e. The first-order chi connectivity index (χ1) is 8.47. The highest BCUT2D eigenvalue weighted by Crippen LogP contribution is 2.29. The molecule has 5 heteroatoms. The van der Waals surface area contributed by atoms with Gasteiger partial charge >= 0.3 is 6.18 Å². The van der Waals surface area contributed by atoms with Gasteiger partial charge in [-0.15, -0.1) is 0 Å². The van der Waals surface area contributed by atoms with Crippen LogP contribution in [0.4, 0.5) is 13.2 Å². The van der Waals surface area contributed by atoms with Crippen molar-refractivity contribution < 1.29 is 13.2 Å². The Hall–Kier alpha value is -1.78. The van der Waals surface area contributed by atoms with Gasteiger partial charge in [-0.25, -0.2) is 4.68 Å². The maximum Gasteiger partial charge on any atom is 0.416 e. The minimum absolute atomic E-state index is 0.378. The molecule has 1 aromatic rings. The van der Waals surface area contributed by atoms with E-state index in [1.807, 2.05) is 19.1 Å². The van der Waals surface area contributed by atoms with Crippen LogP contribution >= 0.6 is 0 Å². The first-order valence-electron chi connectivity index (χ1n) is 5.65. The Balaban J connectivity index is 2.28. The van der Waals surface area contributed by atoms with Crippen molar-refractivity contribution in [3.63, 3.8) is 0 Å². The fraction of sp³-hybridized carbons (Fsp3) is 0.308. The molecule has 18 heavy (non-hydrogen) atoms. The Bertz CT molecular complexity index is 519. The minimum Gasteiger partial charge on any atom is -0.241 e. The second-order valence-electron chi connectivity index (χ2n) is 4.10. The fourth-order valence-electron chi connectivity index (χ4n) is 1.72. The lowest BCUT2D eigenvalue weighted by atomic mass is 10.1. The molecule has 0 bridgehead atoms. The molecule has 0 unspecified atom stereocenters. The van der Waals surface area contributed by atoms with Gasteiger partial charge in [0.15, 0.2) is 0 Å². The molecular formula is C13H13F3N2. The molecule has 0 aromatic carbocycles. The van der Waals surface area contributed by atoms with Crippen molar-refractivity contribution in [2.45, 2.75) is 25.9 Å². The molecule has 1 heterocycles. The number of aromatic nitrogens is 2. The van der Waals surface area contributed by atoms with Gasteiger partial charge in [0, 0.05) is 6.20 Å². The lowest BCUT2D eigenvalue weighted by molar-refractivity contribution is -0.0884. The molecule has 0 aliphatic heterocycles. The Labute approximate surface area is 103 Å². The average Bonchev–Trinajstić information content (AvgIpc) is 2.62. The van der Waals surface area contributed by atoms with Crippen molar-refractivity contribution in [2.75, 3.05) is 0 Å². The van der Waals surface area contributed by atoms with Crippen LogP contribution in [-0.4, -0.2) is 16.0 Å². The van der Waals surface area contributed by atoms with E-state index in [-0.39, 0.29) is 0 Å². The van der Waals surface area contributed by atoms with E-state index in [9.17, 15) is 13.2 Å². The van der Waals surface area contributed by atoms with Gasteiger partial charge in [-0.3, -0.25) is 0 Å². The third-order valence-electron chi connectivity index (χ3n) is 2.63. The lowest BCUT2D eigenvalue weighted by Crippen LogP contribution is -2.10. The SMILES string of the molecule is Cc1ccn(C2=C/CC/C=C(C(F)(F)F)/C=C\2)n1. The van der Waals surface area contributed by atoms with Crippen LogP contribution in [0.2, 0.25) is 0 Å². The van der Waals surface area contributed by atoms with Gasteiger partial charge < -0.3 is 0 Å². The van der Waals surface area contributed by atoms with Crippen LogP contribution in [0.1, 0.15) is 18.5 Å². The molecule has 0 saturated carbocycles. The molecule has 0 fully saturated rings. The number of rotatable bonds is 1. The molecule has 0 N–H and O–H groups in total. The third kappa shape index (κ3) is 2.91. The molecule has 0 spiro atoms. The van der Waals surface area contributed by atoms with Gasteiger partial charge in [-0.05, 0) is 38.0 Å². The van der Waals surface area contributed by atoms with Gasteiger partial charge in [-0.2, -0.15) is 18.3 Å². The van der Waals surface area contributed by atoms with Crippen molar-refractivity contribution in [3.05, 3.63) is 47.8 Å². The summed E-state index contributed by atoms with van der Waals surface area (Å²) in [6, 6.07) is 1.81. The molecule has 1 aliphatic rings. The number of alkyl halides is 3. The van der Waals surface area contributed by atoms with E-state index in [0.29, 0.717) is 18.5 Å². The Morgan fingerprint density at radius 2 is 1.89 bits per heavy atom. The molecule has 1 aliphatic carbocycles. The van der Waals surface area contributed by atoms with Crippen molar-refractivity contribution >= 4 is 5.70 Å². The van der Waals surface area contributed by atoms with E-state index in [2.05, 4.69) is 5.10 Å². The monoisotopic (exact) mass is 254 g/mol. The summed E-state index contributed by atoms with van der Waals surface area (Å²) in [5.41, 5.74) is 0.896. The molecule has 2 nitrogen and oxygen atoms in total. The highest BCUT2D eigenvalue weighted by molar-refractivity contribution is 5.58. The maximum absolute atomic E-state index is 12.6. The van der Waals surface area contributed by atoms with Gasteiger partial charge in [0.05, 0.1) is 17.0 Å². The van der Waals surface area contributed by atoms with Crippen molar-refractivity contribution in [3.8, 4) is 0 Å². The molecule has 96 valence electrons. The molecule has 2 rings (SSSR count). The van der Waals surface area contributed by atoms with E-state index < -0.39 is 11.7 Å². The second kappa shape index (κ2) is 4.84. The molecular weight excluding hydrogens is 241 g/mol. The summed E-state index contributed by atoms with van der Waals surface area (Å²) in [5, 5.41) is 4.19. The number of nitrogens with zero attached hydrogens (tertiary/aromatic N) is 2. The zero-order chi connectivity index (χ0) is 13.2. The zero-order valence-corrected chi connectivity index (χ0v) is 9.91. The second-order valence-corrected chi connectivity index (χ2v) is 4.10. The highest BCUT2D eigenvalue weighted by atomic mass is 19.4. The summed E-state index contributed by atoms with van der Waals surface area (Å²) in [6.45, 7) is 1.84. The van der Waals surface area contributed by atoms with E-state index in [1.54, 1.807) is 10.9 Å². The molecule has 0 saturated heterocycles.